The lowest BCUT2D eigenvalue weighted by molar-refractivity contribution is 0.0471. The molecule has 1 amide bonds. The van der Waals surface area contributed by atoms with Gasteiger partial charge in [0.05, 0.1) is 17.8 Å². The quantitative estimate of drug-likeness (QED) is 0.885. The zero-order valence-electron chi connectivity index (χ0n) is 13.9. The first kappa shape index (κ1) is 15.3. The summed E-state index contributed by atoms with van der Waals surface area (Å²) in [4.78, 5) is 17.2. The van der Waals surface area contributed by atoms with Crippen LogP contribution >= 0.6 is 0 Å². The van der Waals surface area contributed by atoms with Crippen LogP contribution in [0.4, 0.5) is 0 Å². The minimum atomic E-state index is -0.246. The highest BCUT2D eigenvalue weighted by molar-refractivity contribution is 5.91. The molecule has 2 aliphatic carbocycles. The van der Waals surface area contributed by atoms with Crippen LogP contribution in [0, 0.1) is 0 Å². The fraction of sp³-hybridized carbons (Fsp3) is 0.500. The second-order valence-corrected chi connectivity index (χ2v) is 6.84. The molecular formula is C18H22N4O2. The van der Waals surface area contributed by atoms with Crippen molar-refractivity contribution in [3.8, 4) is 5.69 Å². The molecule has 6 nitrogen and oxygen atoms in total. The summed E-state index contributed by atoms with van der Waals surface area (Å²) < 4.78 is 7.09. The van der Waals surface area contributed by atoms with Crippen molar-refractivity contribution in [1.29, 1.82) is 0 Å². The van der Waals surface area contributed by atoms with Crippen molar-refractivity contribution < 1.29 is 9.53 Å². The van der Waals surface area contributed by atoms with Crippen molar-refractivity contribution in [2.75, 3.05) is 13.7 Å². The van der Waals surface area contributed by atoms with Gasteiger partial charge in [-0.3, -0.25) is 4.79 Å². The van der Waals surface area contributed by atoms with Gasteiger partial charge in [-0.1, -0.05) is 18.2 Å². The number of nitrogens with one attached hydrogen (secondary N) is 1. The predicted octanol–water partition coefficient (Wildman–Crippen LogP) is 2.44. The van der Waals surface area contributed by atoms with Crippen molar-refractivity contribution in [2.45, 2.75) is 43.6 Å². The number of carbonyl (C=O) groups is 1. The van der Waals surface area contributed by atoms with Crippen molar-refractivity contribution in [3.63, 3.8) is 0 Å². The van der Waals surface area contributed by atoms with Crippen LogP contribution in [0.5, 0.6) is 0 Å². The van der Waals surface area contributed by atoms with Crippen molar-refractivity contribution in [3.05, 3.63) is 42.0 Å². The Morgan fingerprint density at radius 2 is 2.08 bits per heavy atom. The van der Waals surface area contributed by atoms with Crippen LogP contribution in [0.2, 0.25) is 0 Å². The Balaban J connectivity index is 1.60. The predicted molar refractivity (Wildman–Crippen MR) is 89.3 cm³/mol. The molecule has 0 bridgehead atoms. The van der Waals surface area contributed by atoms with Crippen molar-refractivity contribution >= 4 is 5.91 Å². The maximum atomic E-state index is 12.7. The third-order valence-electron chi connectivity index (χ3n) is 4.89. The number of ether oxygens (including phenoxy) is 1. The number of methoxy groups -OCH3 is 1. The molecule has 1 aromatic heterocycles. The molecule has 126 valence electrons. The summed E-state index contributed by atoms with van der Waals surface area (Å²) in [6.45, 7) is 0.535. The Hall–Kier alpha value is -2.21. The Morgan fingerprint density at radius 1 is 1.33 bits per heavy atom. The highest BCUT2D eigenvalue weighted by atomic mass is 16.5. The Kier molecular flexibility index (Phi) is 3.84. The molecule has 24 heavy (non-hydrogen) atoms. The van der Waals surface area contributed by atoms with Crippen molar-refractivity contribution in [1.82, 2.24) is 20.1 Å². The second-order valence-electron chi connectivity index (χ2n) is 6.84. The molecule has 1 N–H and O–H groups in total. The number of hydrogen-bond donors (Lipinski definition) is 1. The second kappa shape index (κ2) is 6.02. The van der Waals surface area contributed by atoms with Crippen LogP contribution < -0.4 is 5.32 Å². The van der Waals surface area contributed by atoms with Gasteiger partial charge < -0.3 is 10.1 Å². The van der Waals surface area contributed by atoms with Gasteiger partial charge in [-0.25, -0.2) is 9.67 Å². The van der Waals surface area contributed by atoms with Gasteiger partial charge in [0.1, 0.15) is 5.82 Å². The SMILES string of the molecule is COCC1(NC(=O)c2nc(C3CC3)n(-c3ccccc3)n2)CCC1. The largest absolute Gasteiger partial charge is 0.382 e. The number of carbonyl (C=O) groups excluding carboxylic acids is 1. The average Bonchev–Trinajstić information content (AvgIpc) is 3.32. The van der Waals surface area contributed by atoms with E-state index in [4.69, 9.17) is 4.74 Å². The van der Waals surface area contributed by atoms with E-state index < -0.39 is 0 Å². The lowest BCUT2D eigenvalue weighted by Gasteiger charge is -2.41. The fourth-order valence-electron chi connectivity index (χ4n) is 3.27. The summed E-state index contributed by atoms with van der Waals surface area (Å²) in [6, 6.07) is 9.88. The minimum Gasteiger partial charge on any atom is -0.382 e. The first-order valence-corrected chi connectivity index (χ1v) is 8.55. The third kappa shape index (κ3) is 2.82. The summed E-state index contributed by atoms with van der Waals surface area (Å²) in [5.41, 5.74) is 0.699. The monoisotopic (exact) mass is 326 g/mol. The summed E-state index contributed by atoms with van der Waals surface area (Å²) in [5, 5.41) is 7.59. The molecule has 2 saturated carbocycles. The smallest absolute Gasteiger partial charge is 0.291 e. The molecule has 0 atom stereocenters. The van der Waals surface area contributed by atoms with Gasteiger partial charge in [0.25, 0.3) is 5.91 Å². The zero-order valence-corrected chi connectivity index (χ0v) is 13.9. The number of rotatable bonds is 6. The van der Waals surface area contributed by atoms with Crippen LogP contribution in [-0.2, 0) is 4.74 Å². The van der Waals surface area contributed by atoms with Crippen LogP contribution in [-0.4, -0.2) is 39.9 Å². The molecule has 2 aromatic rings. The van der Waals surface area contributed by atoms with Crippen LogP contribution in [0.1, 0.15) is 54.5 Å². The van der Waals surface area contributed by atoms with Gasteiger partial charge in [0, 0.05) is 13.0 Å². The normalized spacial score (nSPS) is 18.9. The molecular weight excluding hydrogens is 304 g/mol. The Bertz CT molecular complexity index is 733. The standard InChI is InChI=1S/C18H22N4O2/c1-24-12-18(10-5-11-18)20-17(23)15-19-16(13-8-9-13)22(21-15)14-6-3-2-4-7-14/h2-4,6-7,13H,5,8-12H2,1H3,(H,20,23). The molecule has 6 heteroatoms. The molecule has 0 saturated heterocycles. The maximum Gasteiger partial charge on any atom is 0.291 e. The summed E-state index contributed by atoms with van der Waals surface area (Å²) in [7, 11) is 1.67. The average molecular weight is 326 g/mol. The Labute approximate surface area is 141 Å². The number of hydrogen-bond acceptors (Lipinski definition) is 4. The molecule has 0 radical (unpaired) electrons. The summed E-state index contributed by atoms with van der Waals surface area (Å²) >= 11 is 0. The van der Waals surface area contributed by atoms with E-state index in [1.807, 2.05) is 35.0 Å². The first-order chi connectivity index (χ1) is 11.7. The highest BCUT2D eigenvalue weighted by Crippen LogP contribution is 2.40. The number of para-hydroxylation sites is 1. The van der Waals surface area contributed by atoms with E-state index in [9.17, 15) is 4.79 Å². The minimum absolute atomic E-state index is 0.205. The molecule has 1 heterocycles. The fourth-order valence-corrected chi connectivity index (χ4v) is 3.27. The number of amides is 1. The van der Waals surface area contributed by atoms with E-state index in [2.05, 4.69) is 15.4 Å². The van der Waals surface area contributed by atoms with Gasteiger partial charge in [0.15, 0.2) is 0 Å². The summed E-state index contributed by atoms with van der Waals surface area (Å²) in [6.07, 6.45) is 5.23. The maximum absolute atomic E-state index is 12.7. The van der Waals surface area contributed by atoms with E-state index in [0.29, 0.717) is 12.5 Å². The van der Waals surface area contributed by atoms with E-state index >= 15 is 0 Å². The number of aromatic nitrogens is 3. The zero-order chi connectivity index (χ0) is 16.6. The molecule has 2 aliphatic rings. The van der Waals surface area contributed by atoms with Gasteiger partial charge in [0.2, 0.25) is 5.82 Å². The highest BCUT2D eigenvalue weighted by Gasteiger charge is 2.40. The number of benzene rings is 1. The third-order valence-corrected chi connectivity index (χ3v) is 4.89. The van der Waals surface area contributed by atoms with Crippen LogP contribution in [0.3, 0.4) is 0 Å². The topological polar surface area (TPSA) is 69.0 Å². The molecule has 2 fully saturated rings. The van der Waals surface area contributed by atoms with E-state index in [1.165, 1.54) is 0 Å². The Morgan fingerprint density at radius 3 is 2.67 bits per heavy atom. The van der Waals surface area contributed by atoms with E-state index in [0.717, 1.165) is 43.6 Å². The van der Waals surface area contributed by atoms with Gasteiger partial charge in [-0.05, 0) is 44.2 Å². The lowest BCUT2D eigenvalue weighted by atomic mass is 9.77. The van der Waals surface area contributed by atoms with Crippen LogP contribution in [0.15, 0.2) is 30.3 Å². The van der Waals surface area contributed by atoms with Crippen molar-refractivity contribution in [2.24, 2.45) is 0 Å². The lowest BCUT2D eigenvalue weighted by Crippen LogP contribution is -2.56. The van der Waals surface area contributed by atoms with Gasteiger partial charge >= 0.3 is 0 Å². The van der Waals surface area contributed by atoms with E-state index in [1.54, 1.807) is 7.11 Å². The first-order valence-electron chi connectivity index (χ1n) is 8.55. The molecule has 0 aliphatic heterocycles. The van der Waals surface area contributed by atoms with E-state index in [-0.39, 0.29) is 17.3 Å². The molecule has 4 rings (SSSR count). The summed E-state index contributed by atoms with van der Waals surface area (Å²) in [5.74, 6) is 1.35. The number of nitrogens with zero attached hydrogens (tertiary/aromatic N) is 3. The van der Waals surface area contributed by atoms with Crippen LogP contribution in [0.25, 0.3) is 5.69 Å². The molecule has 1 aromatic carbocycles. The molecule has 0 spiro atoms. The molecule has 0 unspecified atom stereocenters. The van der Waals surface area contributed by atoms with Gasteiger partial charge in [-0.2, -0.15) is 0 Å². The van der Waals surface area contributed by atoms with Gasteiger partial charge in [-0.15, -0.1) is 5.10 Å².